The number of nitrogens with one attached hydrogen (secondary N) is 1. The van der Waals surface area contributed by atoms with E-state index < -0.39 is 0 Å². The smallest absolute Gasteiger partial charge is 0.277 e. The topological polar surface area (TPSA) is 93.8 Å². The summed E-state index contributed by atoms with van der Waals surface area (Å²) in [4.78, 5) is 15.5. The lowest BCUT2D eigenvalue weighted by molar-refractivity contribution is 0.102. The highest BCUT2D eigenvalue weighted by Gasteiger charge is 2.12. The maximum absolute atomic E-state index is 11.6. The number of thiazole rings is 1. The second-order valence-corrected chi connectivity index (χ2v) is 4.83. The normalized spacial score (nSPS) is 10.3. The molecule has 3 N–H and O–H groups in total. The van der Waals surface area contributed by atoms with Gasteiger partial charge >= 0.3 is 0 Å². The van der Waals surface area contributed by atoms with Gasteiger partial charge in [0.2, 0.25) is 5.13 Å². The van der Waals surface area contributed by atoms with Gasteiger partial charge in [0, 0.05) is 5.38 Å². The van der Waals surface area contributed by atoms with Crippen molar-refractivity contribution in [1.82, 2.24) is 15.2 Å². The third-order valence-electron chi connectivity index (χ3n) is 1.74. The van der Waals surface area contributed by atoms with Gasteiger partial charge in [-0.3, -0.25) is 10.1 Å². The van der Waals surface area contributed by atoms with E-state index in [0.717, 1.165) is 11.4 Å². The molecule has 2 heterocycles. The van der Waals surface area contributed by atoms with Gasteiger partial charge in [-0.1, -0.05) is 18.3 Å². The zero-order valence-corrected chi connectivity index (χ0v) is 10.1. The molecule has 2 aromatic rings. The number of hydrogen-bond acceptors (Lipinski definition) is 7. The number of nitrogens with zero attached hydrogens (tertiary/aromatic N) is 3. The molecule has 0 bridgehead atoms. The number of nitrogen functional groups attached to an aromatic ring is 1. The number of aromatic nitrogens is 3. The SMILES string of the molecule is CCc1nnc(NC(=O)c2csc(N)n2)s1. The predicted octanol–water partition coefficient (Wildman–Crippen LogP) is 1.39. The first-order valence-electron chi connectivity index (χ1n) is 4.53. The van der Waals surface area contributed by atoms with Crippen molar-refractivity contribution in [3.8, 4) is 0 Å². The van der Waals surface area contributed by atoms with Crippen LogP contribution in [0.5, 0.6) is 0 Å². The van der Waals surface area contributed by atoms with E-state index in [2.05, 4.69) is 20.5 Å². The van der Waals surface area contributed by atoms with Crippen molar-refractivity contribution in [2.75, 3.05) is 11.1 Å². The summed E-state index contributed by atoms with van der Waals surface area (Å²) in [6.45, 7) is 1.98. The second kappa shape index (κ2) is 4.54. The molecule has 84 valence electrons. The zero-order chi connectivity index (χ0) is 11.5. The third-order valence-corrected chi connectivity index (χ3v) is 3.40. The molecule has 2 rings (SSSR count). The molecule has 0 aliphatic carbocycles. The highest BCUT2D eigenvalue weighted by molar-refractivity contribution is 7.15. The number of aryl methyl sites for hydroxylation is 1. The first-order valence-corrected chi connectivity index (χ1v) is 6.23. The average molecular weight is 255 g/mol. The Morgan fingerprint density at radius 2 is 2.38 bits per heavy atom. The standard InChI is InChI=1S/C8H9N5OS2/c1-2-5-12-13-8(16-5)11-6(14)4-3-15-7(9)10-4/h3H,2H2,1H3,(H2,9,10)(H,11,13,14). The molecule has 0 aliphatic rings. The van der Waals surface area contributed by atoms with Crippen LogP contribution in [0.15, 0.2) is 5.38 Å². The van der Waals surface area contributed by atoms with E-state index in [4.69, 9.17) is 5.73 Å². The maximum atomic E-state index is 11.6. The Bertz CT molecular complexity index is 506. The zero-order valence-electron chi connectivity index (χ0n) is 8.43. The molecule has 8 heteroatoms. The van der Waals surface area contributed by atoms with Crippen LogP contribution in [0.1, 0.15) is 22.4 Å². The molecule has 0 radical (unpaired) electrons. The average Bonchev–Trinajstić information content (AvgIpc) is 2.87. The number of carbonyl (C=O) groups excluding carboxylic acids is 1. The number of carbonyl (C=O) groups is 1. The fraction of sp³-hybridized carbons (Fsp3) is 0.250. The van der Waals surface area contributed by atoms with E-state index in [-0.39, 0.29) is 5.91 Å². The summed E-state index contributed by atoms with van der Waals surface area (Å²) in [5.74, 6) is -0.313. The Hall–Kier alpha value is -1.54. The number of rotatable bonds is 3. The van der Waals surface area contributed by atoms with Crippen LogP contribution in [0, 0.1) is 0 Å². The van der Waals surface area contributed by atoms with Crippen molar-refractivity contribution < 1.29 is 4.79 Å². The van der Waals surface area contributed by atoms with Crippen LogP contribution in [0.3, 0.4) is 0 Å². The summed E-state index contributed by atoms with van der Waals surface area (Å²) >= 11 is 2.58. The summed E-state index contributed by atoms with van der Waals surface area (Å²) in [5, 5.41) is 13.7. The molecule has 0 unspecified atom stereocenters. The van der Waals surface area contributed by atoms with Gasteiger partial charge in [0.15, 0.2) is 5.13 Å². The van der Waals surface area contributed by atoms with E-state index in [0.29, 0.717) is 16.0 Å². The van der Waals surface area contributed by atoms with E-state index in [1.165, 1.54) is 22.7 Å². The number of nitrogens with two attached hydrogens (primary N) is 1. The van der Waals surface area contributed by atoms with Gasteiger partial charge in [0.1, 0.15) is 10.7 Å². The van der Waals surface area contributed by atoms with Crippen molar-refractivity contribution in [1.29, 1.82) is 0 Å². The second-order valence-electron chi connectivity index (χ2n) is 2.88. The van der Waals surface area contributed by atoms with Crippen LogP contribution in [-0.2, 0) is 6.42 Å². The first kappa shape index (κ1) is 11.0. The number of hydrogen-bond donors (Lipinski definition) is 2. The molecule has 0 fully saturated rings. The Balaban J connectivity index is 2.07. The minimum Gasteiger partial charge on any atom is -0.375 e. The Morgan fingerprint density at radius 1 is 1.56 bits per heavy atom. The minimum absolute atomic E-state index is 0.302. The molecule has 0 aromatic carbocycles. The van der Waals surface area contributed by atoms with Crippen LogP contribution in [-0.4, -0.2) is 21.1 Å². The van der Waals surface area contributed by atoms with Crippen LogP contribution < -0.4 is 11.1 Å². The van der Waals surface area contributed by atoms with Crippen molar-refractivity contribution in [3.63, 3.8) is 0 Å². The molecule has 0 saturated heterocycles. The molecule has 0 spiro atoms. The van der Waals surface area contributed by atoms with Gasteiger partial charge in [-0.15, -0.1) is 21.5 Å². The van der Waals surface area contributed by atoms with Crippen molar-refractivity contribution >= 4 is 38.8 Å². The fourth-order valence-corrected chi connectivity index (χ4v) is 2.22. The van der Waals surface area contributed by atoms with Gasteiger partial charge < -0.3 is 5.73 Å². The highest BCUT2D eigenvalue weighted by Crippen LogP contribution is 2.17. The third kappa shape index (κ3) is 2.34. The summed E-state index contributed by atoms with van der Waals surface area (Å²) in [6, 6.07) is 0. The van der Waals surface area contributed by atoms with Crippen molar-refractivity contribution in [2.45, 2.75) is 13.3 Å². The Labute approximate surface area is 99.5 Å². The van der Waals surface area contributed by atoms with Crippen LogP contribution in [0.2, 0.25) is 0 Å². The van der Waals surface area contributed by atoms with Crippen LogP contribution >= 0.6 is 22.7 Å². The molecule has 0 atom stereocenters. The minimum atomic E-state index is -0.313. The lowest BCUT2D eigenvalue weighted by Gasteiger charge is -1.95. The fourth-order valence-electron chi connectivity index (χ4n) is 1.00. The van der Waals surface area contributed by atoms with Gasteiger partial charge in [0.05, 0.1) is 0 Å². The van der Waals surface area contributed by atoms with Gasteiger partial charge in [-0.2, -0.15) is 0 Å². The highest BCUT2D eigenvalue weighted by atomic mass is 32.1. The Kier molecular flexibility index (Phi) is 3.11. The lowest BCUT2D eigenvalue weighted by atomic mass is 10.5. The molecule has 1 amide bonds. The summed E-state index contributed by atoms with van der Waals surface area (Å²) < 4.78 is 0. The first-order chi connectivity index (χ1) is 7.69. The predicted molar refractivity (Wildman–Crippen MR) is 63.8 cm³/mol. The van der Waals surface area contributed by atoms with E-state index in [1.54, 1.807) is 5.38 Å². The quantitative estimate of drug-likeness (QED) is 0.864. The van der Waals surface area contributed by atoms with E-state index in [9.17, 15) is 4.79 Å². The monoisotopic (exact) mass is 255 g/mol. The molecular weight excluding hydrogens is 246 g/mol. The molecule has 0 saturated carbocycles. The van der Waals surface area contributed by atoms with Gasteiger partial charge in [0.25, 0.3) is 5.91 Å². The number of anilines is 2. The lowest BCUT2D eigenvalue weighted by Crippen LogP contribution is -2.12. The van der Waals surface area contributed by atoms with Crippen molar-refractivity contribution in [2.24, 2.45) is 0 Å². The summed E-state index contributed by atoms with van der Waals surface area (Å²) in [6.07, 6.45) is 0.803. The largest absolute Gasteiger partial charge is 0.375 e. The van der Waals surface area contributed by atoms with Crippen LogP contribution in [0.25, 0.3) is 0 Å². The molecule has 0 aliphatic heterocycles. The van der Waals surface area contributed by atoms with E-state index in [1.807, 2.05) is 6.92 Å². The molecular formula is C8H9N5OS2. The number of amides is 1. The van der Waals surface area contributed by atoms with Gasteiger partial charge in [-0.25, -0.2) is 4.98 Å². The maximum Gasteiger partial charge on any atom is 0.277 e. The molecule has 16 heavy (non-hydrogen) atoms. The summed E-state index contributed by atoms with van der Waals surface area (Å²) in [7, 11) is 0. The molecule has 2 aromatic heterocycles. The van der Waals surface area contributed by atoms with E-state index >= 15 is 0 Å². The molecule has 6 nitrogen and oxygen atoms in total. The van der Waals surface area contributed by atoms with Crippen LogP contribution in [0.4, 0.5) is 10.3 Å². The van der Waals surface area contributed by atoms with Crippen molar-refractivity contribution in [3.05, 3.63) is 16.1 Å². The van der Waals surface area contributed by atoms with Gasteiger partial charge in [-0.05, 0) is 6.42 Å². The summed E-state index contributed by atoms with van der Waals surface area (Å²) in [5.41, 5.74) is 5.74. The Morgan fingerprint density at radius 3 is 2.94 bits per heavy atom.